The van der Waals surface area contributed by atoms with Crippen molar-refractivity contribution >= 4 is 11.9 Å². The predicted octanol–water partition coefficient (Wildman–Crippen LogP) is 3.08. The lowest BCUT2D eigenvalue weighted by Crippen LogP contribution is -2.23. The Labute approximate surface area is 101 Å². The fourth-order valence-electron chi connectivity index (χ4n) is 0.976. The number of carbonyl (C=O) groups excluding carboxylic acids is 1. The van der Waals surface area contributed by atoms with Gasteiger partial charge in [0.1, 0.15) is 5.76 Å². The Morgan fingerprint density at radius 2 is 2.06 bits per heavy atom. The number of nitrogens with zero attached hydrogens (tertiary/aromatic N) is 1. The summed E-state index contributed by atoms with van der Waals surface area (Å²) in [6.07, 6.45) is -5.79. The van der Waals surface area contributed by atoms with Crippen LogP contribution >= 0.6 is 0 Å². The zero-order chi connectivity index (χ0) is 14.0. The van der Waals surface area contributed by atoms with Crippen LogP contribution in [0.4, 0.5) is 23.8 Å². The lowest BCUT2D eigenvalue weighted by Gasteiger charge is -2.12. The SMILES string of the molecule is CC(C)(C)c1cc(NC(=O)OCC(F)(F)F)no1. The molecule has 1 heterocycles. The van der Waals surface area contributed by atoms with Gasteiger partial charge in [-0.25, -0.2) is 4.79 Å². The van der Waals surface area contributed by atoms with Crippen molar-refractivity contribution in [2.75, 3.05) is 11.9 Å². The number of hydrogen-bond donors (Lipinski definition) is 1. The largest absolute Gasteiger partial charge is 0.440 e. The number of alkyl halides is 3. The second kappa shape index (κ2) is 4.87. The highest BCUT2D eigenvalue weighted by Gasteiger charge is 2.30. The van der Waals surface area contributed by atoms with Crippen molar-refractivity contribution in [3.63, 3.8) is 0 Å². The molecule has 8 heteroatoms. The van der Waals surface area contributed by atoms with Crippen LogP contribution in [0, 0.1) is 0 Å². The topological polar surface area (TPSA) is 64.4 Å². The summed E-state index contributed by atoms with van der Waals surface area (Å²) in [6.45, 7) is 3.93. The van der Waals surface area contributed by atoms with Gasteiger partial charge in [-0.3, -0.25) is 5.32 Å². The highest BCUT2D eigenvalue weighted by atomic mass is 19.4. The van der Waals surface area contributed by atoms with E-state index in [2.05, 4.69) is 9.89 Å². The van der Waals surface area contributed by atoms with Crippen LogP contribution in [0.5, 0.6) is 0 Å². The van der Waals surface area contributed by atoms with Gasteiger partial charge in [0.2, 0.25) is 0 Å². The number of carbonyl (C=O) groups is 1. The summed E-state index contributed by atoms with van der Waals surface area (Å²) >= 11 is 0. The van der Waals surface area contributed by atoms with Crippen LogP contribution in [0.1, 0.15) is 26.5 Å². The molecule has 5 nitrogen and oxygen atoms in total. The standard InChI is InChI=1S/C10H13F3N2O3/c1-9(2,3)6-4-7(15-18-6)14-8(16)17-5-10(11,12)13/h4H,5H2,1-3H3,(H,14,15,16). The van der Waals surface area contributed by atoms with Gasteiger partial charge in [-0.15, -0.1) is 0 Å². The van der Waals surface area contributed by atoms with E-state index in [0.717, 1.165) is 0 Å². The molecule has 0 radical (unpaired) electrons. The minimum Gasteiger partial charge on any atom is -0.440 e. The second-order valence-electron chi connectivity index (χ2n) is 4.64. The summed E-state index contributed by atoms with van der Waals surface area (Å²) in [6, 6.07) is 1.43. The highest BCUT2D eigenvalue weighted by molar-refractivity contribution is 5.83. The summed E-state index contributed by atoms with van der Waals surface area (Å²) in [5.74, 6) is 0.501. The number of anilines is 1. The third-order valence-electron chi connectivity index (χ3n) is 1.85. The number of hydrogen-bond acceptors (Lipinski definition) is 4. The molecule has 0 aromatic carbocycles. The molecule has 0 atom stereocenters. The van der Waals surface area contributed by atoms with Gasteiger partial charge in [0.25, 0.3) is 0 Å². The zero-order valence-corrected chi connectivity index (χ0v) is 10.1. The third kappa shape index (κ3) is 4.64. The van der Waals surface area contributed by atoms with Gasteiger partial charge in [-0.2, -0.15) is 13.2 Å². The highest BCUT2D eigenvalue weighted by Crippen LogP contribution is 2.24. The number of halogens is 3. The average Bonchev–Trinajstić information content (AvgIpc) is 2.61. The molecule has 0 aliphatic rings. The Morgan fingerprint density at radius 3 is 2.50 bits per heavy atom. The summed E-state index contributed by atoms with van der Waals surface area (Å²) in [5.41, 5.74) is -0.317. The Morgan fingerprint density at radius 1 is 1.44 bits per heavy atom. The van der Waals surface area contributed by atoms with E-state index in [0.29, 0.717) is 5.76 Å². The number of nitrogens with one attached hydrogen (secondary N) is 1. The van der Waals surface area contributed by atoms with Gasteiger partial charge in [-0.1, -0.05) is 25.9 Å². The molecule has 0 saturated carbocycles. The second-order valence-corrected chi connectivity index (χ2v) is 4.64. The van der Waals surface area contributed by atoms with E-state index >= 15 is 0 Å². The lowest BCUT2D eigenvalue weighted by molar-refractivity contribution is -0.159. The smallest absolute Gasteiger partial charge is 0.422 e. The predicted molar refractivity (Wildman–Crippen MR) is 56.2 cm³/mol. The Hall–Kier alpha value is -1.73. The Bertz CT molecular complexity index is 421. The summed E-state index contributed by atoms with van der Waals surface area (Å²) in [4.78, 5) is 11.0. The molecule has 0 unspecified atom stereocenters. The maximum atomic E-state index is 11.8. The van der Waals surface area contributed by atoms with Crippen molar-refractivity contribution in [2.45, 2.75) is 32.4 Å². The van der Waals surface area contributed by atoms with Crippen molar-refractivity contribution < 1.29 is 27.2 Å². The van der Waals surface area contributed by atoms with Crippen LogP contribution < -0.4 is 5.32 Å². The molecule has 1 aromatic rings. The van der Waals surface area contributed by atoms with Crippen LogP contribution in [-0.2, 0) is 10.2 Å². The normalized spacial score (nSPS) is 12.3. The summed E-state index contributed by atoms with van der Waals surface area (Å²) in [5, 5.41) is 5.54. The molecule has 0 aliphatic carbocycles. The van der Waals surface area contributed by atoms with Crippen LogP contribution in [0.25, 0.3) is 0 Å². The number of amides is 1. The maximum Gasteiger partial charge on any atom is 0.422 e. The van der Waals surface area contributed by atoms with E-state index < -0.39 is 18.9 Å². The van der Waals surface area contributed by atoms with Crippen LogP contribution in [-0.4, -0.2) is 24.0 Å². The van der Waals surface area contributed by atoms with Crippen molar-refractivity contribution in [3.05, 3.63) is 11.8 Å². The minimum atomic E-state index is -4.56. The van der Waals surface area contributed by atoms with Gasteiger partial charge in [0.05, 0.1) is 0 Å². The lowest BCUT2D eigenvalue weighted by atomic mass is 9.93. The minimum absolute atomic E-state index is 0.00657. The molecule has 0 spiro atoms. The van der Waals surface area contributed by atoms with Crippen molar-refractivity contribution in [1.29, 1.82) is 0 Å². The van der Waals surface area contributed by atoms with E-state index in [-0.39, 0.29) is 11.2 Å². The first kappa shape index (κ1) is 14.3. The van der Waals surface area contributed by atoms with Gasteiger partial charge in [0, 0.05) is 11.5 Å². The van der Waals surface area contributed by atoms with E-state index in [1.54, 1.807) is 0 Å². The molecule has 1 amide bonds. The first-order chi connectivity index (χ1) is 8.08. The monoisotopic (exact) mass is 266 g/mol. The van der Waals surface area contributed by atoms with Crippen LogP contribution in [0.3, 0.4) is 0 Å². The zero-order valence-electron chi connectivity index (χ0n) is 10.1. The first-order valence-corrected chi connectivity index (χ1v) is 5.06. The number of aromatic nitrogens is 1. The molecule has 102 valence electrons. The third-order valence-corrected chi connectivity index (χ3v) is 1.85. The number of ether oxygens (including phenoxy) is 1. The molecule has 1 aromatic heterocycles. The molecule has 0 saturated heterocycles. The fraction of sp³-hybridized carbons (Fsp3) is 0.600. The molecule has 0 bridgehead atoms. The molecule has 1 N–H and O–H groups in total. The van der Waals surface area contributed by atoms with E-state index in [1.807, 2.05) is 26.1 Å². The van der Waals surface area contributed by atoms with E-state index in [4.69, 9.17) is 4.52 Å². The van der Waals surface area contributed by atoms with Crippen molar-refractivity contribution in [2.24, 2.45) is 0 Å². The van der Waals surface area contributed by atoms with Gasteiger partial charge < -0.3 is 9.26 Å². The van der Waals surface area contributed by atoms with Crippen LogP contribution in [0.2, 0.25) is 0 Å². The average molecular weight is 266 g/mol. The maximum absolute atomic E-state index is 11.8. The summed E-state index contributed by atoms with van der Waals surface area (Å²) in [7, 11) is 0. The van der Waals surface area contributed by atoms with Crippen LogP contribution in [0.15, 0.2) is 10.6 Å². The Kier molecular flexibility index (Phi) is 3.88. The Balaban J connectivity index is 2.53. The number of rotatable bonds is 2. The molecule has 1 rings (SSSR count). The molecule has 18 heavy (non-hydrogen) atoms. The van der Waals surface area contributed by atoms with Crippen molar-refractivity contribution in [1.82, 2.24) is 5.16 Å². The van der Waals surface area contributed by atoms with Gasteiger partial charge >= 0.3 is 12.3 Å². The van der Waals surface area contributed by atoms with Gasteiger partial charge in [-0.05, 0) is 0 Å². The molecular formula is C10H13F3N2O3. The molecule has 0 aliphatic heterocycles. The fourth-order valence-corrected chi connectivity index (χ4v) is 0.976. The quantitative estimate of drug-likeness (QED) is 0.893. The van der Waals surface area contributed by atoms with E-state index in [9.17, 15) is 18.0 Å². The van der Waals surface area contributed by atoms with Gasteiger partial charge in [0.15, 0.2) is 12.4 Å². The van der Waals surface area contributed by atoms with E-state index in [1.165, 1.54) is 6.07 Å². The van der Waals surface area contributed by atoms with Crippen molar-refractivity contribution in [3.8, 4) is 0 Å². The molecule has 0 fully saturated rings. The molecular weight excluding hydrogens is 253 g/mol. The first-order valence-electron chi connectivity index (χ1n) is 5.06. The summed E-state index contributed by atoms with van der Waals surface area (Å²) < 4.78 is 44.2.